The third kappa shape index (κ3) is 4.29. The molecule has 0 aliphatic carbocycles. The van der Waals surface area contributed by atoms with Crippen molar-refractivity contribution in [1.82, 2.24) is 4.57 Å². The van der Waals surface area contributed by atoms with Crippen LogP contribution in [0.1, 0.15) is 16.8 Å². The van der Waals surface area contributed by atoms with Gasteiger partial charge in [-0.1, -0.05) is 35.9 Å². The summed E-state index contributed by atoms with van der Waals surface area (Å²) < 4.78 is 2.03. The lowest BCUT2D eigenvalue weighted by atomic mass is 10.1. The Morgan fingerprint density at radius 1 is 1.14 bits per heavy atom. The number of piperazine rings is 1. The number of nitrogens with zero attached hydrogens (tertiary/aromatic N) is 3. The highest BCUT2D eigenvalue weighted by Crippen LogP contribution is 2.22. The summed E-state index contributed by atoms with van der Waals surface area (Å²) in [7, 11) is 0. The van der Waals surface area contributed by atoms with Crippen molar-refractivity contribution in [2.75, 3.05) is 37.6 Å². The summed E-state index contributed by atoms with van der Waals surface area (Å²) in [6.45, 7) is 4.77. The summed E-state index contributed by atoms with van der Waals surface area (Å²) >= 11 is 6.11. The van der Waals surface area contributed by atoms with Gasteiger partial charge in [0.25, 0.3) is 0 Å². The molecular formula is C23H24ClN4O+. The van der Waals surface area contributed by atoms with Crippen LogP contribution in [0.2, 0.25) is 5.02 Å². The van der Waals surface area contributed by atoms with Gasteiger partial charge in [-0.2, -0.15) is 5.26 Å². The van der Waals surface area contributed by atoms with E-state index in [0.29, 0.717) is 19.5 Å². The number of Topliss-reactive ketones (excluding diaryl/α,β-unsaturated/α-hetero) is 1. The van der Waals surface area contributed by atoms with Crippen LogP contribution in [0.15, 0.2) is 54.7 Å². The fraction of sp³-hybridized carbons (Fsp3) is 0.304. The van der Waals surface area contributed by atoms with Crippen LogP contribution < -0.4 is 9.80 Å². The summed E-state index contributed by atoms with van der Waals surface area (Å²) in [6.07, 6.45) is 2.36. The van der Waals surface area contributed by atoms with Crippen LogP contribution in [0.25, 0.3) is 10.9 Å². The first kappa shape index (κ1) is 19.5. The number of aryl methyl sites for hydroxylation is 1. The number of para-hydroxylation sites is 1. The molecule has 0 atom stereocenters. The molecule has 0 radical (unpaired) electrons. The Bertz CT molecular complexity index is 1060. The zero-order chi connectivity index (χ0) is 20.2. The Balaban J connectivity index is 1.43. The predicted molar refractivity (Wildman–Crippen MR) is 116 cm³/mol. The first-order valence-electron chi connectivity index (χ1n) is 9.98. The molecule has 4 rings (SSSR count). The molecular weight excluding hydrogens is 384 g/mol. The molecule has 0 bridgehead atoms. The number of carbonyl (C=O) groups is 1. The summed E-state index contributed by atoms with van der Waals surface area (Å²) in [5, 5.41) is 10.6. The van der Waals surface area contributed by atoms with Crippen molar-refractivity contribution in [3.63, 3.8) is 0 Å². The van der Waals surface area contributed by atoms with Crippen molar-refractivity contribution >= 4 is 34.0 Å². The Morgan fingerprint density at radius 2 is 1.93 bits per heavy atom. The summed E-state index contributed by atoms with van der Waals surface area (Å²) in [6, 6.07) is 18.1. The van der Waals surface area contributed by atoms with E-state index in [-0.39, 0.29) is 5.78 Å². The average molecular weight is 408 g/mol. The van der Waals surface area contributed by atoms with E-state index in [9.17, 15) is 4.79 Å². The van der Waals surface area contributed by atoms with E-state index in [1.165, 1.54) is 4.90 Å². The number of halogens is 1. The minimum atomic E-state index is 0.170. The molecule has 148 valence electrons. The molecule has 1 aromatic heterocycles. The summed E-state index contributed by atoms with van der Waals surface area (Å²) in [5.41, 5.74) is 2.93. The number of ketones is 1. The molecule has 1 aliphatic rings. The minimum Gasteiger partial charge on any atom is -0.360 e. The topological polar surface area (TPSA) is 53.5 Å². The Kier molecular flexibility index (Phi) is 5.84. The molecule has 1 N–H and O–H groups in total. The number of anilines is 1. The van der Waals surface area contributed by atoms with Gasteiger partial charge in [0.15, 0.2) is 0 Å². The maximum Gasteiger partial charge on any atom is 0.219 e. The van der Waals surface area contributed by atoms with Crippen molar-refractivity contribution in [3.05, 3.63) is 65.3 Å². The Morgan fingerprint density at radius 3 is 2.69 bits per heavy atom. The van der Waals surface area contributed by atoms with Gasteiger partial charge in [0, 0.05) is 39.9 Å². The maximum atomic E-state index is 13.1. The lowest BCUT2D eigenvalue weighted by Crippen LogP contribution is -3.15. The van der Waals surface area contributed by atoms with Crippen LogP contribution in [-0.4, -0.2) is 43.1 Å². The van der Waals surface area contributed by atoms with Gasteiger partial charge in [0.05, 0.1) is 38.7 Å². The first-order valence-corrected chi connectivity index (χ1v) is 10.4. The standard InChI is InChI=1S/C23H23ClN4O/c24-18-5-3-6-19(15-18)27-13-11-26(12-14-27)17-23(29)21-16-28(10-4-9-25)22-8-2-1-7-20(21)22/h1-3,5-8,15-16H,4,10-14,17H2/p+1. The molecule has 0 spiro atoms. The van der Waals surface area contributed by atoms with Crippen molar-refractivity contribution in [2.45, 2.75) is 13.0 Å². The van der Waals surface area contributed by atoms with Crippen LogP contribution in [0.3, 0.4) is 0 Å². The van der Waals surface area contributed by atoms with Crippen molar-refractivity contribution in [2.24, 2.45) is 0 Å². The Labute approximate surface area is 175 Å². The van der Waals surface area contributed by atoms with E-state index in [1.54, 1.807) is 0 Å². The predicted octanol–water partition coefficient (Wildman–Crippen LogP) is 2.80. The lowest BCUT2D eigenvalue weighted by Gasteiger charge is -2.33. The normalized spacial score (nSPS) is 14.8. The molecule has 0 saturated carbocycles. The van der Waals surface area contributed by atoms with Gasteiger partial charge < -0.3 is 14.4 Å². The molecule has 6 heteroatoms. The van der Waals surface area contributed by atoms with Gasteiger partial charge in [0.1, 0.15) is 6.54 Å². The molecule has 0 amide bonds. The zero-order valence-electron chi connectivity index (χ0n) is 16.3. The molecule has 1 fully saturated rings. The molecule has 2 aromatic carbocycles. The molecule has 3 aromatic rings. The van der Waals surface area contributed by atoms with E-state index >= 15 is 0 Å². The highest BCUT2D eigenvalue weighted by Gasteiger charge is 2.24. The fourth-order valence-corrected chi connectivity index (χ4v) is 4.26. The largest absolute Gasteiger partial charge is 0.360 e. The molecule has 1 aliphatic heterocycles. The lowest BCUT2D eigenvalue weighted by molar-refractivity contribution is -0.892. The van der Waals surface area contributed by atoms with E-state index in [2.05, 4.69) is 17.0 Å². The number of aromatic nitrogens is 1. The van der Waals surface area contributed by atoms with Crippen molar-refractivity contribution in [1.29, 1.82) is 5.26 Å². The Hall–Kier alpha value is -2.81. The van der Waals surface area contributed by atoms with E-state index in [0.717, 1.165) is 53.4 Å². The summed E-state index contributed by atoms with van der Waals surface area (Å²) in [5.74, 6) is 0.170. The SMILES string of the molecule is N#CCCn1cc(C(=O)C[NH+]2CCN(c3cccc(Cl)c3)CC2)c2ccccc21. The van der Waals surface area contributed by atoms with Crippen LogP contribution in [0.4, 0.5) is 5.69 Å². The van der Waals surface area contributed by atoms with E-state index in [4.69, 9.17) is 16.9 Å². The van der Waals surface area contributed by atoms with Crippen molar-refractivity contribution in [3.8, 4) is 6.07 Å². The van der Waals surface area contributed by atoms with Crippen LogP contribution in [-0.2, 0) is 6.54 Å². The quantitative estimate of drug-likeness (QED) is 0.639. The van der Waals surface area contributed by atoms with Gasteiger partial charge in [-0.05, 0) is 24.3 Å². The third-order valence-electron chi connectivity index (χ3n) is 5.61. The first-order chi connectivity index (χ1) is 14.2. The number of hydrogen-bond donors (Lipinski definition) is 1. The number of carbonyl (C=O) groups excluding carboxylic acids is 1. The molecule has 5 nitrogen and oxygen atoms in total. The molecule has 0 unspecified atom stereocenters. The maximum absolute atomic E-state index is 13.1. The smallest absolute Gasteiger partial charge is 0.219 e. The van der Waals surface area contributed by atoms with E-state index in [1.807, 2.05) is 53.2 Å². The van der Waals surface area contributed by atoms with Crippen LogP contribution >= 0.6 is 11.6 Å². The molecule has 1 saturated heterocycles. The second-order valence-electron chi connectivity index (χ2n) is 7.48. The van der Waals surface area contributed by atoms with E-state index < -0.39 is 0 Å². The minimum absolute atomic E-state index is 0.170. The number of benzene rings is 2. The monoisotopic (exact) mass is 407 g/mol. The van der Waals surface area contributed by atoms with Gasteiger partial charge in [-0.25, -0.2) is 0 Å². The van der Waals surface area contributed by atoms with Gasteiger partial charge in [-0.15, -0.1) is 0 Å². The highest BCUT2D eigenvalue weighted by atomic mass is 35.5. The molecule has 29 heavy (non-hydrogen) atoms. The fourth-order valence-electron chi connectivity index (χ4n) is 4.08. The summed E-state index contributed by atoms with van der Waals surface area (Å²) in [4.78, 5) is 16.7. The van der Waals surface area contributed by atoms with Crippen LogP contribution in [0.5, 0.6) is 0 Å². The average Bonchev–Trinajstić information content (AvgIpc) is 3.12. The number of nitriles is 1. The third-order valence-corrected chi connectivity index (χ3v) is 5.84. The molecule has 2 heterocycles. The van der Waals surface area contributed by atoms with Gasteiger partial charge >= 0.3 is 0 Å². The van der Waals surface area contributed by atoms with Crippen molar-refractivity contribution < 1.29 is 9.69 Å². The second kappa shape index (κ2) is 8.69. The number of hydrogen-bond acceptors (Lipinski definition) is 3. The second-order valence-corrected chi connectivity index (χ2v) is 7.91. The number of nitrogens with one attached hydrogen (secondary N) is 1. The highest BCUT2D eigenvalue weighted by molar-refractivity contribution is 6.30. The number of rotatable bonds is 6. The van der Waals surface area contributed by atoms with Crippen LogP contribution in [0, 0.1) is 11.3 Å². The number of fused-ring (bicyclic) bond motifs is 1. The zero-order valence-corrected chi connectivity index (χ0v) is 17.0. The van der Waals surface area contributed by atoms with Gasteiger partial charge in [0.2, 0.25) is 5.78 Å². The number of quaternary nitrogens is 1. The van der Waals surface area contributed by atoms with Gasteiger partial charge in [-0.3, -0.25) is 4.79 Å².